The van der Waals surface area contributed by atoms with E-state index >= 15 is 0 Å². The highest BCUT2D eigenvalue weighted by Gasteiger charge is 2.16. The Hall–Kier alpha value is -3.12. The first-order valence-electron chi connectivity index (χ1n) is 11.3. The molecule has 0 spiro atoms. The van der Waals surface area contributed by atoms with E-state index in [2.05, 4.69) is 52.9 Å². The van der Waals surface area contributed by atoms with Gasteiger partial charge in [-0.2, -0.15) is 10.2 Å². The Kier molecular flexibility index (Phi) is 9.17. The molecule has 0 atom stereocenters. The molecule has 2 heterocycles. The zero-order valence-corrected chi connectivity index (χ0v) is 22.4. The Morgan fingerprint density at radius 3 is 1.50 bits per heavy atom. The summed E-state index contributed by atoms with van der Waals surface area (Å²) in [5, 5.41) is 8.01. The molecule has 0 fully saturated rings. The number of rotatable bonds is 11. The van der Waals surface area contributed by atoms with Crippen molar-refractivity contribution >= 4 is 56.1 Å². The molecule has 0 radical (unpaired) electrons. The van der Waals surface area contributed by atoms with Gasteiger partial charge in [0.2, 0.25) is 25.4 Å². The maximum atomic E-state index is 12.0. The molecule has 0 aliphatic carbocycles. The summed E-state index contributed by atoms with van der Waals surface area (Å²) in [5.74, 6) is 2.30. The van der Waals surface area contributed by atoms with Crippen molar-refractivity contribution in [3.63, 3.8) is 0 Å². The normalized spacial score (nSPS) is 13.5. The van der Waals surface area contributed by atoms with Crippen molar-refractivity contribution in [3.8, 4) is 23.0 Å². The van der Waals surface area contributed by atoms with E-state index < -0.39 is 0 Å². The summed E-state index contributed by atoms with van der Waals surface area (Å²) in [6.07, 6.45) is 6.94. The number of halogens is 2. The standard InChI is InChI=1S/C24H24Br2N4O6/c25-17-9-21-19(33-13-35-21)7-15(17)11-27-29-23(31)5-3-1-2-4-6-24(32)30-28-12-16-8-20-22(10-18(16)26)36-14-34-20/h7-12H,1-6,13-14H2,(H,29,31)(H,30,32). The molecule has 2 aliphatic rings. The predicted octanol–water partition coefficient (Wildman–Crippen LogP) is 4.61. The molecule has 36 heavy (non-hydrogen) atoms. The summed E-state index contributed by atoms with van der Waals surface area (Å²) >= 11 is 6.89. The lowest BCUT2D eigenvalue weighted by Gasteiger charge is -2.03. The second-order valence-electron chi connectivity index (χ2n) is 7.95. The van der Waals surface area contributed by atoms with Crippen molar-refractivity contribution < 1.29 is 28.5 Å². The lowest BCUT2D eigenvalue weighted by Crippen LogP contribution is -2.17. The van der Waals surface area contributed by atoms with Gasteiger partial charge < -0.3 is 18.9 Å². The Morgan fingerprint density at radius 2 is 1.08 bits per heavy atom. The Labute approximate surface area is 224 Å². The van der Waals surface area contributed by atoms with Gasteiger partial charge >= 0.3 is 0 Å². The van der Waals surface area contributed by atoms with Gasteiger partial charge in [-0.15, -0.1) is 0 Å². The number of hydrogen-bond donors (Lipinski definition) is 2. The van der Waals surface area contributed by atoms with Crippen LogP contribution in [0.2, 0.25) is 0 Å². The van der Waals surface area contributed by atoms with Crippen LogP contribution in [0, 0.1) is 0 Å². The summed E-state index contributed by atoms with van der Waals surface area (Å²) in [5.41, 5.74) is 6.60. The number of amides is 2. The maximum absolute atomic E-state index is 12.0. The summed E-state index contributed by atoms with van der Waals surface area (Å²) in [6, 6.07) is 7.19. The highest BCUT2D eigenvalue weighted by molar-refractivity contribution is 9.10. The quantitative estimate of drug-likeness (QED) is 0.214. The Morgan fingerprint density at radius 1 is 0.694 bits per heavy atom. The van der Waals surface area contributed by atoms with Crippen molar-refractivity contribution in [1.29, 1.82) is 0 Å². The first kappa shape index (κ1) is 26.0. The molecule has 4 rings (SSSR count). The first-order valence-corrected chi connectivity index (χ1v) is 12.9. The first-order chi connectivity index (χ1) is 17.5. The minimum absolute atomic E-state index is 0.162. The van der Waals surface area contributed by atoms with Gasteiger partial charge in [0.1, 0.15) is 0 Å². The molecular formula is C24H24Br2N4O6. The van der Waals surface area contributed by atoms with E-state index in [-0.39, 0.29) is 25.4 Å². The lowest BCUT2D eigenvalue weighted by atomic mass is 10.1. The van der Waals surface area contributed by atoms with Gasteiger partial charge in [0.15, 0.2) is 23.0 Å². The Balaban J connectivity index is 1.06. The van der Waals surface area contributed by atoms with Gasteiger partial charge in [0, 0.05) is 32.9 Å². The van der Waals surface area contributed by atoms with Crippen molar-refractivity contribution in [3.05, 3.63) is 44.3 Å². The fourth-order valence-corrected chi connectivity index (χ4v) is 4.30. The molecule has 0 saturated carbocycles. The molecular weight excluding hydrogens is 600 g/mol. The fraction of sp³-hybridized carbons (Fsp3) is 0.333. The number of carbonyl (C=O) groups excluding carboxylic acids is 2. The molecule has 10 nitrogen and oxygen atoms in total. The number of nitrogens with one attached hydrogen (secondary N) is 2. The number of nitrogens with zero attached hydrogens (tertiary/aromatic N) is 2. The van der Waals surface area contributed by atoms with E-state index in [4.69, 9.17) is 18.9 Å². The average Bonchev–Trinajstić information content (AvgIpc) is 3.50. The van der Waals surface area contributed by atoms with Crippen LogP contribution in [0.1, 0.15) is 49.7 Å². The van der Waals surface area contributed by atoms with Gasteiger partial charge in [-0.25, -0.2) is 10.9 Å². The summed E-state index contributed by atoms with van der Waals surface area (Å²) in [6.45, 7) is 0.385. The van der Waals surface area contributed by atoms with Gasteiger partial charge in [0.25, 0.3) is 0 Å². The van der Waals surface area contributed by atoms with Crippen molar-refractivity contribution in [2.24, 2.45) is 10.2 Å². The van der Waals surface area contributed by atoms with Gasteiger partial charge in [-0.1, -0.05) is 12.8 Å². The van der Waals surface area contributed by atoms with Crippen LogP contribution in [0.4, 0.5) is 0 Å². The maximum Gasteiger partial charge on any atom is 0.240 e. The van der Waals surface area contributed by atoms with Crippen LogP contribution in [0.3, 0.4) is 0 Å². The van der Waals surface area contributed by atoms with Crippen molar-refractivity contribution in [2.45, 2.75) is 38.5 Å². The summed E-state index contributed by atoms with van der Waals surface area (Å²) < 4.78 is 22.9. The fourth-order valence-electron chi connectivity index (χ4n) is 3.45. The number of hydrogen-bond acceptors (Lipinski definition) is 8. The number of carbonyl (C=O) groups is 2. The van der Waals surface area contributed by atoms with Crippen LogP contribution in [-0.2, 0) is 9.59 Å². The second kappa shape index (κ2) is 12.7. The average molecular weight is 624 g/mol. The number of ether oxygens (including phenoxy) is 4. The molecule has 12 heteroatoms. The van der Waals surface area contributed by atoms with Crippen LogP contribution in [0.15, 0.2) is 43.4 Å². The van der Waals surface area contributed by atoms with Crippen LogP contribution in [-0.4, -0.2) is 37.8 Å². The van der Waals surface area contributed by atoms with Crippen molar-refractivity contribution in [2.75, 3.05) is 13.6 Å². The minimum Gasteiger partial charge on any atom is -0.454 e. The molecule has 2 aromatic carbocycles. The highest BCUT2D eigenvalue weighted by Crippen LogP contribution is 2.37. The highest BCUT2D eigenvalue weighted by atomic mass is 79.9. The minimum atomic E-state index is -0.162. The largest absolute Gasteiger partial charge is 0.454 e. The third kappa shape index (κ3) is 7.20. The molecule has 2 aromatic rings. The van der Waals surface area contributed by atoms with E-state index in [1.807, 2.05) is 0 Å². The molecule has 0 unspecified atom stereocenters. The molecule has 0 saturated heterocycles. The zero-order valence-electron chi connectivity index (χ0n) is 19.2. The van der Waals surface area contributed by atoms with Gasteiger partial charge in [-0.3, -0.25) is 9.59 Å². The van der Waals surface area contributed by atoms with E-state index in [1.165, 1.54) is 0 Å². The zero-order chi connectivity index (χ0) is 25.3. The number of fused-ring (bicyclic) bond motifs is 2. The monoisotopic (exact) mass is 622 g/mol. The lowest BCUT2D eigenvalue weighted by molar-refractivity contribution is -0.122. The molecule has 0 bridgehead atoms. The van der Waals surface area contributed by atoms with Crippen LogP contribution in [0.25, 0.3) is 0 Å². The molecule has 2 aliphatic heterocycles. The van der Waals surface area contributed by atoms with E-state index in [9.17, 15) is 9.59 Å². The summed E-state index contributed by atoms with van der Waals surface area (Å²) in [4.78, 5) is 24.0. The van der Waals surface area contributed by atoms with E-state index in [0.717, 1.165) is 32.9 Å². The Bertz CT molecular complexity index is 1100. The molecule has 2 N–H and O–H groups in total. The predicted molar refractivity (Wildman–Crippen MR) is 140 cm³/mol. The van der Waals surface area contributed by atoms with Crippen molar-refractivity contribution in [1.82, 2.24) is 10.9 Å². The van der Waals surface area contributed by atoms with E-state index in [0.29, 0.717) is 48.7 Å². The molecule has 0 aromatic heterocycles. The summed E-state index contributed by atoms with van der Waals surface area (Å²) in [7, 11) is 0. The number of unbranched alkanes of at least 4 members (excludes halogenated alkanes) is 3. The van der Waals surface area contributed by atoms with Gasteiger partial charge in [-0.05, 0) is 69.0 Å². The number of hydrazone groups is 2. The SMILES string of the molecule is O=C(CCCCCCC(=O)NN=Cc1cc2c(cc1Br)OCO2)NN=Cc1cc2c(cc1Br)OCO2. The number of benzene rings is 2. The smallest absolute Gasteiger partial charge is 0.240 e. The van der Waals surface area contributed by atoms with Crippen LogP contribution in [0.5, 0.6) is 23.0 Å². The third-order valence-electron chi connectivity index (χ3n) is 5.33. The topological polar surface area (TPSA) is 120 Å². The molecule has 2 amide bonds. The van der Waals surface area contributed by atoms with Gasteiger partial charge in [0.05, 0.1) is 12.4 Å². The third-order valence-corrected chi connectivity index (χ3v) is 6.70. The molecule has 190 valence electrons. The second-order valence-corrected chi connectivity index (χ2v) is 9.66. The van der Waals surface area contributed by atoms with E-state index in [1.54, 1.807) is 36.7 Å². The van der Waals surface area contributed by atoms with Crippen LogP contribution >= 0.6 is 31.9 Å². The van der Waals surface area contributed by atoms with Crippen LogP contribution < -0.4 is 29.8 Å².